The van der Waals surface area contributed by atoms with Crippen molar-refractivity contribution in [2.75, 3.05) is 13.6 Å². The van der Waals surface area contributed by atoms with Crippen LogP contribution >= 0.6 is 0 Å². The fourth-order valence-electron chi connectivity index (χ4n) is 3.01. The van der Waals surface area contributed by atoms with Crippen molar-refractivity contribution >= 4 is 11.9 Å². The predicted molar refractivity (Wildman–Crippen MR) is 101 cm³/mol. The van der Waals surface area contributed by atoms with Crippen LogP contribution in [0.2, 0.25) is 0 Å². The number of nitrogens with one attached hydrogen (secondary N) is 2. The molecule has 1 amide bonds. The van der Waals surface area contributed by atoms with Gasteiger partial charge in [-0.25, -0.2) is 0 Å². The van der Waals surface area contributed by atoms with Crippen molar-refractivity contribution in [1.82, 2.24) is 25.3 Å². The van der Waals surface area contributed by atoms with E-state index in [9.17, 15) is 4.79 Å². The maximum Gasteiger partial charge on any atom is 0.222 e. The third kappa shape index (κ3) is 4.62. The van der Waals surface area contributed by atoms with E-state index in [0.29, 0.717) is 26.1 Å². The molecular formula is C19H26N6O. The van der Waals surface area contributed by atoms with Crippen LogP contribution in [0.4, 0.5) is 0 Å². The lowest BCUT2D eigenvalue weighted by Crippen LogP contribution is -2.36. The van der Waals surface area contributed by atoms with E-state index in [0.717, 1.165) is 24.6 Å². The zero-order valence-corrected chi connectivity index (χ0v) is 15.4. The Morgan fingerprint density at radius 1 is 1.15 bits per heavy atom. The number of aryl methyl sites for hydroxylation is 1. The van der Waals surface area contributed by atoms with E-state index in [2.05, 4.69) is 45.0 Å². The lowest BCUT2D eigenvalue weighted by atomic mass is 10.1. The Kier molecular flexibility index (Phi) is 5.88. The van der Waals surface area contributed by atoms with Crippen molar-refractivity contribution in [3.63, 3.8) is 0 Å². The quantitative estimate of drug-likeness (QED) is 0.608. The minimum atomic E-state index is 0.263. The summed E-state index contributed by atoms with van der Waals surface area (Å²) in [5.74, 6) is 1.01. The molecule has 1 saturated heterocycles. The fraction of sp³-hybridized carbons (Fsp3) is 0.421. The van der Waals surface area contributed by atoms with Gasteiger partial charge in [0.05, 0.1) is 12.2 Å². The third-order valence-corrected chi connectivity index (χ3v) is 4.61. The molecule has 138 valence electrons. The summed E-state index contributed by atoms with van der Waals surface area (Å²) in [6.07, 6.45) is 3.45. The molecule has 3 rings (SSSR count). The highest BCUT2D eigenvalue weighted by Crippen LogP contribution is 2.14. The second-order valence-electron chi connectivity index (χ2n) is 6.46. The molecule has 7 heteroatoms. The van der Waals surface area contributed by atoms with Crippen LogP contribution < -0.4 is 10.6 Å². The van der Waals surface area contributed by atoms with Gasteiger partial charge in [0.1, 0.15) is 0 Å². The molecule has 2 N–H and O–H groups in total. The topological polar surface area (TPSA) is 74.6 Å². The van der Waals surface area contributed by atoms with Crippen molar-refractivity contribution in [3.05, 3.63) is 53.3 Å². The second-order valence-corrected chi connectivity index (χ2v) is 6.46. The van der Waals surface area contributed by atoms with Gasteiger partial charge in [0.25, 0.3) is 0 Å². The predicted octanol–water partition coefficient (Wildman–Crippen LogP) is 1.41. The summed E-state index contributed by atoms with van der Waals surface area (Å²) in [5, 5.41) is 10.7. The fourth-order valence-corrected chi connectivity index (χ4v) is 3.01. The Morgan fingerprint density at radius 2 is 1.88 bits per heavy atom. The number of amides is 1. The number of likely N-dealkylation sites (tertiary alicyclic amines) is 1. The van der Waals surface area contributed by atoms with E-state index in [-0.39, 0.29) is 5.91 Å². The van der Waals surface area contributed by atoms with Crippen molar-refractivity contribution < 1.29 is 4.79 Å². The van der Waals surface area contributed by atoms with Gasteiger partial charge in [-0.15, -0.1) is 0 Å². The van der Waals surface area contributed by atoms with Gasteiger partial charge in [-0.2, -0.15) is 5.10 Å². The molecule has 0 bridgehead atoms. The van der Waals surface area contributed by atoms with Gasteiger partial charge in [0.15, 0.2) is 5.96 Å². The number of carbonyl (C=O) groups excluding carboxylic acids is 1. The Balaban J connectivity index is 1.47. The first-order valence-electron chi connectivity index (χ1n) is 8.92. The highest BCUT2D eigenvalue weighted by Gasteiger charge is 2.19. The average molecular weight is 354 g/mol. The van der Waals surface area contributed by atoms with E-state index >= 15 is 0 Å². The number of aliphatic imine (C=N–C) groups is 1. The van der Waals surface area contributed by atoms with Gasteiger partial charge in [-0.05, 0) is 23.6 Å². The highest BCUT2D eigenvalue weighted by atomic mass is 16.2. The number of hydrogen-bond donors (Lipinski definition) is 2. The molecule has 1 fully saturated rings. The molecule has 0 radical (unpaired) electrons. The van der Waals surface area contributed by atoms with Crippen molar-refractivity contribution in [2.24, 2.45) is 12.0 Å². The molecule has 26 heavy (non-hydrogen) atoms. The Morgan fingerprint density at radius 3 is 2.50 bits per heavy atom. The van der Waals surface area contributed by atoms with Gasteiger partial charge in [-0.3, -0.25) is 14.5 Å². The van der Waals surface area contributed by atoms with Crippen LogP contribution in [-0.4, -0.2) is 40.1 Å². The summed E-state index contributed by atoms with van der Waals surface area (Å²) < 4.78 is 1.84. The Hall–Kier alpha value is -2.83. The lowest BCUT2D eigenvalue weighted by Gasteiger charge is -2.16. The van der Waals surface area contributed by atoms with Crippen LogP contribution in [0.25, 0.3) is 0 Å². The smallest absolute Gasteiger partial charge is 0.222 e. The number of carbonyl (C=O) groups is 1. The average Bonchev–Trinajstić information content (AvgIpc) is 3.25. The highest BCUT2D eigenvalue weighted by molar-refractivity contribution is 5.79. The van der Waals surface area contributed by atoms with Crippen LogP contribution in [0, 0.1) is 0 Å². The first-order chi connectivity index (χ1) is 12.7. The summed E-state index contributed by atoms with van der Waals surface area (Å²) >= 11 is 0. The summed E-state index contributed by atoms with van der Waals surface area (Å²) in [7, 11) is 3.68. The van der Waals surface area contributed by atoms with Gasteiger partial charge >= 0.3 is 0 Å². The summed E-state index contributed by atoms with van der Waals surface area (Å²) in [6.45, 7) is 2.94. The number of guanidine groups is 1. The zero-order valence-electron chi connectivity index (χ0n) is 15.4. The third-order valence-electron chi connectivity index (χ3n) is 4.61. The van der Waals surface area contributed by atoms with Crippen LogP contribution in [0.1, 0.15) is 29.7 Å². The van der Waals surface area contributed by atoms with E-state index in [1.165, 1.54) is 11.1 Å². The van der Waals surface area contributed by atoms with E-state index in [4.69, 9.17) is 0 Å². The van der Waals surface area contributed by atoms with Crippen LogP contribution in [0.3, 0.4) is 0 Å². The minimum Gasteiger partial charge on any atom is -0.352 e. The molecule has 0 saturated carbocycles. The van der Waals surface area contributed by atoms with Crippen molar-refractivity contribution in [2.45, 2.75) is 32.5 Å². The van der Waals surface area contributed by atoms with Gasteiger partial charge < -0.3 is 15.5 Å². The first-order valence-corrected chi connectivity index (χ1v) is 8.92. The second kappa shape index (κ2) is 8.51. The van der Waals surface area contributed by atoms with E-state index in [1.54, 1.807) is 13.2 Å². The van der Waals surface area contributed by atoms with E-state index in [1.807, 2.05) is 22.7 Å². The molecular weight excluding hydrogens is 328 g/mol. The maximum atomic E-state index is 11.7. The molecule has 1 aromatic carbocycles. The van der Waals surface area contributed by atoms with Crippen LogP contribution in [-0.2, 0) is 31.5 Å². The molecule has 2 heterocycles. The normalized spacial score (nSPS) is 14.8. The largest absolute Gasteiger partial charge is 0.352 e. The van der Waals surface area contributed by atoms with Gasteiger partial charge in [-0.1, -0.05) is 24.3 Å². The molecule has 7 nitrogen and oxygen atoms in total. The van der Waals surface area contributed by atoms with E-state index < -0.39 is 0 Å². The monoisotopic (exact) mass is 354 g/mol. The molecule has 2 aromatic rings. The molecule has 0 atom stereocenters. The molecule has 1 aromatic heterocycles. The van der Waals surface area contributed by atoms with Crippen molar-refractivity contribution in [3.8, 4) is 0 Å². The van der Waals surface area contributed by atoms with Gasteiger partial charge in [0.2, 0.25) is 5.91 Å². The molecule has 0 unspecified atom stereocenters. The SMILES string of the molecule is CN=C(NCc1ccc(CN2CCCC2=O)cc1)NCc1ccnn1C. The van der Waals surface area contributed by atoms with Gasteiger partial charge in [0, 0.05) is 46.3 Å². The molecule has 1 aliphatic heterocycles. The zero-order chi connectivity index (χ0) is 18.4. The number of rotatable bonds is 6. The lowest BCUT2D eigenvalue weighted by molar-refractivity contribution is -0.128. The first kappa shape index (κ1) is 18.0. The standard InChI is InChI=1S/C19H26N6O/c1-20-19(22-13-17-9-10-23-24(17)2)21-12-15-5-7-16(8-6-15)14-25-11-3-4-18(25)26/h5-10H,3-4,11-14H2,1-2H3,(H2,20,21,22). The number of hydrogen-bond acceptors (Lipinski definition) is 3. The minimum absolute atomic E-state index is 0.263. The number of nitrogens with zero attached hydrogens (tertiary/aromatic N) is 4. The Labute approximate surface area is 154 Å². The molecule has 0 aliphatic carbocycles. The van der Waals surface area contributed by atoms with Crippen LogP contribution in [0.5, 0.6) is 0 Å². The van der Waals surface area contributed by atoms with Crippen molar-refractivity contribution in [1.29, 1.82) is 0 Å². The summed E-state index contributed by atoms with van der Waals surface area (Å²) in [5.41, 5.74) is 3.43. The number of aromatic nitrogens is 2. The maximum absolute atomic E-state index is 11.7. The summed E-state index contributed by atoms with van der Waals surface area (Å²) in [4.78, 5) is 17.9. The van der Waals surface area contributed by atoms with Crippen LogP contribution in [0.15, 0.2) is 41.5 Å². The number of benzene rings is 1. The molecule has 1 aliphatic rings. The molecule has 0 spiro atoms. The summed E-state index contributed by atoms with van der Waals surface area (Å²) in [6, 6.07) is 10.3. The Bertz CT molecular complexity index is 765.